The second-order valence-electron chi connectivity index (χ2n) is 6.86. The predicted molar refractivity (Wildman–Crippen MR) is 138 cm³/mol. The van der Waals surface area contributed by atoms with Gasteiger partial charge in [0.25, 0.3) is 10.0 Å². The average molecular weight is 502 g/mol. The van der Waals surface area contributed by atoms with Crippen molar-refractivity contribution < 1.29 is 8.42 Å². The monoisotopic (exact) mass is 501 g/mol. The minimum absolute atomic E-state index is 0.0991. The van der Waals surface area contributed by atoms with Crippen LogP contribution in [-0.2, 0) is 10.0 Å². The quantitative estimate of drug-likeness (QED) is 0.263. The number of hydrogen-bond acceptors (Lipinski definition) is 3. The van der Waals surface area contributed by atoms with Crippen molar-refractivity contribution in [2.24, 2.45) is 0 Å². The summed E-state index contributed by atoms with van der Waals surface area (Å²) in [6, 6.07) is 24.7. The lowest BCUT2D eigenvalue weighted by atomic mass is 10.1. The molecule has 0 spiro atoms. The summed E-state index contributed by atoms with van der Waals surface area (Å²) in [7, 11) is -3.79. The number of sulfonamides is 1. The van der Waals surface area contributed by atoms with Crippen LogP contribution in [0.2, 0.25) is 10.0 Å². The zero-order chi connectivity index (χ0) is 22.7. The van der Waals surface area contributed by atoms with E-state index in [9.17, 15) is 8.42 Å². The SMILES string of the molecule is O=S(=O)(Nc1ccc(Cl)c(Cl)c1)c1ccc(NC(=S)Nc2cccc3ccccc23)cc1. The molecule has 4 rings (SSSR count). The molecule has 0 aromatic heterocycles. The van der Waals surface area contributed by atoms with Crippen LogP contribution < -0.4 is 15.4 Å². The number of fused-ring (bicyclic) bond motifs is 1. The number of benzene rings is 4. The summed E-state index contributed by atoms with van der Waals surface area (Å²) in [5, 5.41) is 9.41. The van der Waals surface area contributed by atoms with Crippen LogP contribution in [-0.4, -0.2) is 13.5 Å². The fourth-order valence-electron chi connectivity index (χ4n) is 3.11. The van der Waals surface area contributed by atoms with E-state index in [-0.39, 0.29) is 9.92 Å². The second-order valence-corrected chi connectivity index (χ2v) is 9.77. The Hall–Kier alpha value is -2.84. The molecule has 162 valence electrons. The van der Waals surface area contributed by atoms with Crippen molar-refractivity contribution in [1.29, 1.82) is 0 Å². The van der Waals surface area contributed by atoms with E-state index in [4.69, 9.17) is 35.4 Å². The van der Waals surface area contributed by atoms with Gasteiger partial charge in [-0.2, -0.15) is 0 Å². The van der Waals surface area contributed by atoms with Gasteiger partial charge in [-0.15, -0.1) is 0 Å². The normalized spacial score (nSPS) is 11.2. The second kappa shape index (κ2) is 9.34. The highest BCUT2D eigenvalue weighted by Crippen LogP contribution is 2.27. The zero-order valence-corrected chi connectivity index (χ0v) is 19.6. The fraction of sp³-hybridized carbons (Fsp3) is 0. The first-order chi connectivity index (χ1) is 15.3. The Morgan fingerprint density at radius 3 is 2.19 bits per heavy atom. The number of halogens is 2. The van der Waals surface area contributed by atoms with Gasteiger partial charge in [0, 0.05) is 16.8 Å². The summed E-state index contributed by atoms with van der Waals surface area (Å²) in [6.45, 7) is 0. The van der Waals surface area contributed by atoms with Crippen LogP contribution in [0.15, 0.2) is 89.8 Å². The first-order valence-electron chi connectivity index (χ1n) is 9.45. The molecule has 0 atom stereocenters. The number of nitrogens with one attached hydrogen (secondary N) is 3. The van der Waals surface area contributed by atoms with E-state index in [1.165, 1.54) is 24.3 Å². The molecule has 0 saturated carbocycles. The summed E-state index contributed by atoms with van der Waals surface area (Å²) < 4.78 is 27.8. The summed E-state index contributed by atoms with van der Waals surface area (Å²) in [6.07, 6.45) is 0. The van der Waals surface area contributed by atoms with E-state index in [1.807, 2.05) is 42.5 Å². The van der Waals surface area contributed by atoms with Gasteiger partial charge in [0.15, 0.2) is 5.11 Å². The molecule has 4 aromatic carbocycles. The smallest absolute Gasteiger partial charge is 0.261 e. The molecule has 9 heteroatoms. The zero-order valence-electron chi connectivity index (χ0n) is 16.5. The largest absolute Gasteiger partial charge is 0.332 e. The minimum atomic E-state index is -3.79. The van der Waals surface area contributed by atoms with Crippen molar-refractivity contribution >= 4 is 78.4 Å². The van der Waals surface area contributed by atoms with Crippen LogP contribution in [0.1, 0.15) is 0 Å². The number of hydrogen-bond donors (Lipinski definition) is 3. The Bertz CT molecular complexity index is 1400. The van der Waals surface area contributed by atoms with Crippen molar-refractivity contribution in [2.45, 2.75) is 4.90 Å². The van der Waals surface area contributed by atoms with Gasteiger partial charge in [-0.05, 0) is 66.1 Å². The molecule has 0 amide bonds. The summed E-state index contributed by atoms with van der Waals surface area (Å²) in [5.74, 6) is 0. The highest BCUT2D eigenvalue weighted by Gasteiger charge is 2.15. The van der Waals surface area contributed by atoms with Gasteiger partial charge in [-0.1, -0.05) is 59.6 Å². The molecule has 0 aliphatic carbocycles. The van der Waals surface area contributed by atoms with Gasteiger partial charge in [-0.25, -0.2) is 8.42 Å². The Balaban J connectivity index is 1.45. The lowest BCUT2D eigenvalue weighted by Crippen LogP contribution is -2.19. The van der Waals surface area contributed by atoms with Crippen molar-refractivity contribution in [3.05, 3.63) is 95.0 Å². The fourth-order valence-corrected chi connectivity index (χ4v) is 4.69. The first-order valence-corrected chi connectivity index (χ1v) is 12.1. The molecule has 0 unspecified atom stereocenters. The topological polar surface area (TPSA) is 70.2 Å². The Morgan fingerprint density at radius 1 is 0.750 bits per heavy atom. The van der Waals surface area contributed by atoms with Crippen molar-refractivity contribution in [3.63, 3.8) is 0 Å². The van der Waals surface area contributed by atoms with Crippen LogP contribution >= 0.6 is 35.4 Å². The van der Waals surface area contributed by atoms with Crippen molar-refractivity contribution in [3.8, 4) is 0 Å². The van der Waals surface area contributed by atoms with Gasteiger partial charge in [0.1, 0.15) is 0 Å². The lowest BCUT2D eigenvalue weighted by molar-refractivity contribution is 0.601. The van der Waals surface area contributed by atoms with Gasteiger partial charge in [-0.3, -0.25) is 4.72 Å². The van der Waals surface area contributed by atoms with E-state index in [0.29, 0.717) is 21.5 Å². The van der Waals surface area contributed by atoms with E-state index in [1.54, 1.807) is 18.2 Å². The number of rotatable bonds is 5. The molecule has 0 saturated heterocycles. The van der Waals surface area contributed by atoms with E-state index in [2.05, 4.69) is 15.4 Å². The molecule has 3 N–H and O–H groups in total. The first kappa shape index (κ1) is 22.4. The molecule has 0 aliphatic heterocycles. The molecule has 32 heavy (non-hydrogen) atoms. The molecule has 0 fully saturated rings. The van der Waals surface area contributed by atoms with Crippen molar-refractivity contribution in [2.75, 3.05) is 15.4 Å². The number of anilines is 3. The maximum atomic E-state index is 12.7. The van der Waals surface area contributed by atoms with Gasteiger partial charge in [0.05, 0.1) is 20.6 Å². The van der Waals surface area contributed by atoms with Gasteiger partial charge < -0.3 is 10.6 Å². The van der Waals surface area contributed by atoms with Gasteiger partial charge in [0.2, 0.25) is 0 Å². The average Bonchev–Trinajstić information content (AvgIpc) is 2.77. The summed E-state index contributed by atoms with van der Waals surface area (Å²) in [5.41, 5.74) is 1.85. The van der Waals surface area contributed by atoms with Crippen LogP contribution in [0.5, 0.6) is 0 Å². The maximum Gasteiger partial charge on any atom is 0.261 e. The lowest BCUT2D eigenvalue weighted by Gasteiger charge is -2.13. The highest BCUT2D eigenvalue weighted by atomic mass is 35.5. The van der Waals surface area contributed by atoms with Crippen molar-refractivity contribution in [1.82, 2.24) is 0 Å². The summed E-state index contributed by atoms with van der Waals surface area (Å²) >= 11 is 17.3. The van der Waals surface area contributed by atoms with Crippen LogP contribution in [0.25, 0.3) is 10.8 Å². The van der Waals surface area contributed by atoms with E-state index in [0.717, 1.165) is 16.5 Å². The van der Waals surface area contributed by atoms with Crippen LogP contribution in [0.4, 0.5) is 17.1 Å². The molecule has 0 heterocycles. The molecule has 0 aliphatic rings. The molecule has 4 aromatic rings. The maximum absolute atomic E-state index is 12.7. The molecule has 5 nitrogen and oxygen atoms in total. The van der Waals surface area contributed by atoms with E-state index < -0.39 is 10.0 Å². The molecular weight excluding hydrogens is 485 g/mol. The standard InChI is InChI=1S/C23H17Cl2N3O2S2/c24-20-13-10-17(14-21(20)25)28-32(29,30)18-11-8-16(9-12-18)26-23(31)27-22-7-3-5-15-4-1-2-6-19(15)22/h1-14,28H,(H2,26,27,31). The van der Waals surface area contributed by atoms with Crippen LogP contribution in [0, 0.1) is 0 Å². The summed E-state index contributed by atoms with van der Waals surface area (Å²) in [4.78, 5) is 0.0991. The predicted octanol–water partition coefficient (Wildman–Crippen LogP) is 6.76. The van der Waals surface area contributed by atoms with E-state index >= 15 is 0 Å². The third-order valence-electron chi connectivity index (χ3n) is 4.63. The van der Waals surface area contributed by atoms with Crippen LogP contribution in [0.3, 0.4) is 0 Å². The van der Waals surface area contributed by atoms with Gasteiger partial charge >= 0.3 is 0 Å². The Kier molecular flexibility index (Phi) is 6.53. The molecule has 0 radical (unpaired) electrons. The third-order valence-corrected chi connectivity index (χ3v) is 6.97. The third kappa shape index (κ3) is 5.14. The number of thiocarbonyl (C=S) groups is 1. The Labute approximate surface area is 201 Å². The Morgan fingerprint density at radius 2 is 1.44 bits per heavy atom. The molecular formula is C23H17Cl2N3O2S2. The molecule has 0 bridgehead atoms. The minimum Gasteiger partial charge on any atom is -0.332 e. The highest BCUT2D eigenvalue weighted by molar-refractivity contribution is 7.92.